The molecule has 0 saturated carbocycles. The van der Waals surface area contributed by atoms with E-state index in [9.17, 15) is 0 Å². The number of fused-ring (bicyclic) bond motifs is 3. The summed E-state index contributed by atoms with van der Waals surface area (Å²) in [6.07, 6.45) is 0. The average molecular weight is 696 g/mol. The minimum Gasteiger partial charge on any atom is -0.208 e. The maximum atomic E-state index is 5.07. The first-order valence-corrected chi connectivity index (χ1v) is 18.7. The van der Waals surface area contributed by atoms with E-state index < -0.39 is 0 Å². The maximum Gasteiger partial charge on any atom is 0.164 e. The van der Waals surface area contributed by atoms with E-state index in [-0.39, 0.29) is 10.8 Å². The molecule has 0 spiro atoms. The molecule has 0 fully saturated rings. The van der Waals surface area contributed by atoms with Gasteiger partial charge in [-0.15, -0.1) is 0 Å². The third-order valence-electron chi connectivity index (χ3n) is 11.7. The molecule has 260 valence electrons. The zero-order valence-corrected chi connectivity index (χ0v) is 31.1. The number of hydrogen-bond donors (Lipinski definition) is 0. The Morgan fingerprint density at radius 1 is 0.296 bits per heavy atom. The third-order valence-corrected chi connectivity index (χ3v) is 11.7. The molecule has 9 rings (SSSR count). The Balaban J connectivity index is 1.17. The first-order chi connectivity index (χ1) is 26.3. The van der Waals surface area contributed by atoms with Crippen LogP contribution in [0.25, 0.3) is 78.7 Å². The van der Waals surface area contributed by atoms with E-state index in [1.807, 2.05) is 60.7 Å². The lowest BCUT2D eigenvalue weighted by molar-refractivity contribution is 0.299. The molecule has 1 aliphatic rings. The van der Waals surface area contributed by atoms with Gasteiger partial charge in [0.25, 0.3) is 0 Å². The monoisotopic (exact) mass is 695 g/mol. The van der Waals surface area contributed by atoms with E-state index in [1.165, 1.54) is 44.5 Å². The summed E-state index contributed by atoms with van der Waals surface area (Å²) < 4.78 is 0. The highest BCUT2D eigenvalue weighted by Crippen LogP contribution is 2.56. The quantitative estimate of drug-likeness (QED) is 0.174. The predicted octanol–water partition coefficient (Wildman–Crippen LogP) is 13.1. The second-order valence-corrected chi connectivity index (χ2v) is 15.3. The summed E-state index contributed by atoms with van der Waals surface area (Å²) >= 11 is 0. The highest BCUT2D eigenvalue weighted by Gasteiger charge is 2.46. The average Bonchev–Trinajstić information content (AvgIpc) is 3.23. The van der Waals surface area contributed by atoms with Crippen molar-refractivity contribution in [2.75, 3.05) is 0 Å². The van der Waals surface area contributed by atoms with Crippen molar-refractivity contribution in [1.82, 2.24) is 15.0 Å². The lowest BCUT2D eigenvalue weighted by atomic mass is 9.54. The number of rotatable bonds is 6. The highest BCUT2D eigenvalue weighted by atomic mass is 15.0. The van der Waals surface area contributed by atoms with E-state index in [0.717, 1.165) is 27.8 Å². The summed E-state index contributed by atoms with van der Waals surface area (Å²) in [6.45, 7) is 9.62. The summed E-state index contributed by atoms with van der Waals surface area (Å²) in [5.41, 5.74) is 15.2. The molecule has 1 aromatic heterocycles. The summed E-state index contributed by atoms with van der Waals surface area (Å²) in [4.78, 5) is 15.1. The van der Waals surface area contributed by atoms with Gasteiger partial charge < -0.3 is 0 Å². The van der Waals surface area contributed by atoms with Gasteiger partial charge in [-0.1, -0.05) is 191 Å². The lowest BCUT2D eigenvalue weighted by Gasteiger charge is -2.49. The Hall–Kier alpha value is -6.45. The van der Waals surface area contributed by atoms with Gasteiger partial charge in [-0.25, -0.2) is 15.0 Å². The topological polar surface area (TPSA) is 38.7 Å². The standard InChI is InChI=1S/C51H41N3/c1-50(2)44-29-17-28-41(34-18-8-5-9-19-34)46(44)43-31-30-38(33-45(43)51(50,3)4)37-24-16-25-39(32-37)40-26-14-15-27-42(40)49-53-47(35-20-10-6-11-21-35)52-48(54-49)36-22-12-7-13-23-36/h5-33H,1-4H3. The van der Waals surface area contributed by atoms with E-state index in [1.54, 1.807) is 0 Å². The third kappa shape index (κ3) is 5.64. The van der Waals surface area contributed by atoms with E-state index in [0.29, 0.717) is 17.5 Å². The molecular formula is C51H41N3. The predicted molar refractivity (Wildman–Crippen MR) is 224 cm³/mol. The fourth-order valence-electron chi connectivity index (χ4n) is 8.08. The van der Waals surface area contributed by atoms with Crippen molar-refractivity contribution in [1.29, 1.82) is 0 Å². The zero-order valence-electron chi connectivity index (χ0n) is 31.1. The van der Waals surface area contributed by atoms with Gasteiger partial charge in [0.2, 0.25) is 0 Å². The van der Waals surface area contributed by atoms with Gasteiger partial charge in [-0.3, -0.25) is 0 Å². The van der Waals surface area contributed by atoms with Crippen LogP contribution in [0.2, 0.25) is 0 Å². The first-order valence-electron chi connectivity index (χ1n) is 18.7. The minimum absolute atomic E-state index is 0.0960. The Kier molecular flexibility index (Phi) is 8.16. The molecule has 0 radical (unpaired) electrons. The summed E-state index contributed by atoms with van der Waals surface area (Å²) in [6, 6.07) is 62.3. The van der Waals surface area contributed by atoms with Crippen LogP contribution in [0.3, 0.4) is 0 Å². The van der Waals surface area contributed by atoms with Crippen molar-refractivity contribution in [3.63, 3.8) is 0 Å². The summed E-state index contributed by atoms with van der Waals surface area (Å²) in [5.74, 6) is 1.95. The van der Waals surface area contributed by atoms with Crippen LogP contribution in [0.4, 0.5) is 0 Å². The van der Waals surface area contributed by atoms with Crippen LogP contribution in [0, 0.1) is 0 Å². The normalized spacial score (nSPS) is 13.9. The van der Waals surface area contributed by atoms with Gasteiger partial charge in [0, 0.05) is 16.7 Å². The van der Waals surface area contributed by atoms with Crippen molar-refractivity contribution >= 4 is 0 Å². The molecular weight excluding hydrogens is 655 g/mol. The van der Waals surface area contributed by atoms with Gasteiger partial charge >= 0.3 is 0 Å². The largest absolute Gasteiger partial charge is 0.208 e. The molecule has 8 aromatic rings. The van der Waals surface area contributed by atoms with Gasteiger partial charge in [-0.2, -0.15) is 0 Å². The zero-order chi connectivity index (χ0) is 36.9. The molecule has 54 heavy (non-hydrogen) atoms. The van der Waals surface area contributed by atoms with Crippen molar-refractivity contribution in [2.45, 2.75) is 38.5 Å². The number of nitrogens with zero attached hydrogens (tertiary/aromatic N) is 3. The van der Waals surface area contributed by atoms with Crippen LogP contribution in [0.15, 0.2) is 176 Å². The van der Waals surface area contributed by atoms with Gasteiger partial charge in [0.15, 0.2) is 17.5 Å². The minimum atomic E-state index is -0.115. The Morgan fingerprint density at radius 2 is 0.759 bits per heavy atom. The van der Waals surface area contributed by atoms with Gasteiger partial charge in [0.05, 0.1) is 0 Å². The fraction of sp³-hybridized carbons (Fsp3) is 0.118. The number of benzene rings is 7. The molecule has 0 saturated heterocycles. The van der Waals surface area contributed by atoms with Crippen LogP contribution < -0.4 is 0 Å². The summed E-state index contributed by atoms with van der Waals surface area (Å²) in [5, 5.41) is 0. The first kappa shape index (κ1) is 33.4. The molecule has 0 bridgehead atoms. The van der Waals surface area contributed by atoms with E-state index in [2.05, 4.69) is 143 Å². The SMILES string of the molecule is CC1(C)c2cc(-c3cccc(-c4ccccc4-c4nc(-c5ccccc5)nc(-c5ccccc5)n4)c3)ccc2-c2c(-c3ccccc3)cccc2C1(C)C. The maximum absolute atomic E-state index is 5.07. The second-order valence-electron chi connectivity index (χ2n) is 15.3. The van der Waals surface area contributed by atoms with Crippen LogP contribution in [0.1, 0.15) is 38.8 Å². The summed E-state index contributed by atoms with van der Waals surface area (Å²) in [7, 11) is 0. The number of hydrogen-bond acceptors (Lipinski definition) is 3. The highest BCUT2D eigenvalue weighted by molar-refractivity contribution is 5.92. The van der Waals surface area contributed by atoms with Crippen LogP contribution >= 0.6 is 0 Å². The molecule has 1 heterocycles. The molecule has 0 N–H and O–H groups in total. The van der Waals surface area contributed by atoms with Crippen molar-refractivity contribution in [3.05, 3.63) is 187 Å². The van der Waals surface area contributed by atoms with Gasteiger partial charge in [0.1, 0.15) is 0 Å². The number of aromatic nitrogens is 3. The Bertz CT molecular complexity index is 2580. The lowest BCUT2D eigenvalue weighted by Crippen LogP contribution is -2.43. The molecule has 0 unspecified atom stereocenters. The van der Waals surface area contributed by atoms with Crippen LogP contribution in [-0.2, 0) is 10.8 Å². The Morgan fingerprint density at radius 3 is 1.41 bits per heavy atom. The van der Waals surface area contributed by atoms with E-state index in [4.69, 9.17) is 15.0 Å². The smallest absolute Gasteiger partial charge is 0.164 e. The van der Waals surface area contributed by atoms with Crippen LogP contribution in [-0.4, -0.2) is 15.0 Å². The molecule has 0 aliphatic heterocycles. The van der Waals surface area contributed by atoms with Gasteiger partial charge in [-0.05, 0) is 78.6 Å². The fourth-order valence-corrected chi connectivity index (χ4v) is 8.08. The molecule has 3 nitrogen and oxygen atoms in total. The molecule has 3 heteroatoms. The van der Waals surface area contributed by atoms with Crippen LogP contribution in [0.5, 0.6) is 0 Å². The molecule has 1 aliphatic carbocycles. The molecule has 0 atom stereocenters. The van der Waals surface area contributed by atoms with E-state index >= 15 is 0 Å². The van der Waals surface area contributed by atoms with Crippen molar-refractivity contribution < 1.29 is 0 Å². The second kappa shape index (κ2) is 13.2. The Labute approximate surface area is 318 Å². The van der Waals surface area contributed by atoms with Crippen molar-refractivity contribution in [3.8, 4) is 78.7 Å². The molecule has 0 amide bonds. The van der Waals surface area contributed by atoms with Crippen molar-refractivity contribution in [2.24, 2.45) is 0 Å². The molecule has 7 aromatic carbocycles.